The molecule has 1 aromatic rings. The minimum Gasteiger partial charge on any atom is -0.322 e. The lowest BCUT2D eigenvalue weighted by Gasteiger charge is -2.32. The molecule has 0 bridgehead atoms. The lowest BCUT2D eigenvalue weighted by molar-refractivity contribution is -0.141. The van der Waals surface area contributed by atoms with E-state index >= 15 is 0 Å². The number of rotatable bonds is 4. The van der Waals surface area contributed by atoms with Gasteiger partial charge in [-0.15, -0.1) is 0 Å². The predicted octanol–water partition coefficient (Wildman–Crippen LogP) is 1.51. The Bertz CT molecular complexity index is 991. The number of hydrogen-bond acceptors (Lipinski definition) is 5. The van der Waals surface area contributed by atoms with Crippen LogP contribution in [0.1, 0.15) is 44.9 Å². The maximum atomic E-state index is 13.1. The number of hydrogen-bond donors (Lipinski definition) is 2. The lowest BCUT2D eigenvalue weighted by atomic mass is 9.82. The van der Waals surface area contributed by atoms with Crippen molar-refractivity contribution in [2.24, 2.45) is 5.92 Å². The summed E-state index contributed by atoms with van der Waals surface area (Å²) < 4.78 is 40.1. The molecule has 3 fully saturated rings. The van der Waals surface area contributed by atoms with Crippen molar-refractivity contribution in [1.29, 1.82) is 0 Å². The van der Waals surface area contributed by atoms with Crippen LogP contribution in [0.25, 0.3) is 0 Å². The number of urea groups is 1. The molecule has 2 N–H and O–H groups in total. The SMILES string of the molecule is O=C(NN1C(=O)NC2(CCCCC2)C1=O)C1CCCN(S(=O)(=O)c2ccc(F)cc2)C1. The summed E-state index contributed by atoms with van der Waals surface area (Å²) in [5.41, 5.74) is 1.45. The van der Waals surface area contributed by atoms with Crippen molar-refractivity contribution in [3.8, 4) is 0 Å². The van der Waals surface area contributed by atoms with Crippen molar-refractivity contribution in [3.05, 3.63) is 30.1 Å². The van der Waals surface area contributed by atoms with Gasteiger partial charge in [0.25, 0.3) is 5.91 Å². The van der Waals surface area contributed by atoms with E-state index in [-0.39, 0.29) is 18.0 Å². The fraction of sp³-hybridized carbons (Fsp3) is 0.550. The summed E-state index contributed by atoms with van der Waals surface area (Å²) in [5, 5.41) is 3.46. The van der Waals surface area contributed by atoms with Crippen molar-refractivity contribution < 1.29 is 27.2 Å². The molecule has 31 heavy (non-hydrogen) atoms. The molecule has 1 aromatic carbocycles. The van der Waals surface area contributed by atoms with Crippen LogP contribution in [0.4, 0.5) is 9.18 Å². The molecule has 0 aromatic heterocycles. The molecule has 1 saturated carbocycles. The Labute approximate surface area is 180 Å². The van der Waals surface area contributed by atoms with Gasteiger partial charge in [0.2, 0.25) is 15.9 Å². The van der Waals surface area contributed by atoms with Crippen LogP contribution >= 0.6 is 0 Å². The fourth-order valence-corrected chi connectivity index (χ4v) is 6.07. The number of hydrazine groups is 1. The Morgan fingerprint density at radius 3 is 2.45 bits per heavy atom. The third-order valence-electron chi connectivity index (χ3n) is 6.30. The van der Waals surface area contributed by atoms with Crippen LogP contribution < -0.4 is 10.7 Å². The van der Waals surface area contributed by atoms with E-state index in [0.29, 0.717) is 25.7 Å². The molecule has 11 heteroatoms. The van der Waals surface area contributed by atoms with Gasteiger partial charge >= 0.3 is 6.03 Å². The van der Waals surface area contributed by atoms with Crippen molar-refractivity contribution >= 4 is 27.9 Å². The molecule has 168 valence electrons. The third kappa shape index (κ3) is 4.03. The quantitative estimate of drug-likeness (QED) is 0.672. The standard InChI is InChI=1S/C20H25FN4O5S/c21-15-6-8-16(9-7-15)31(29,30)24-12-4-5-14(13-24)17(26)23-25-18(27)20(22-19(25)28)10-2-1-3-11-20/h6-9,14H,1-5,10-13H2,(H,22,28)(H,23,26). The molecule has 2 saturated heterocycles. The third-order valence-corrected chi connectivity index (χ3v) is 8.18. The average Bonchev–Trinajstić information content (AvgIpc) is 2.98. The smallest absolute Gasteiger partial charge is 0.322 e. The van der Waals surface area contributed by atoms with Gasteiger partial charge in [-0.3, -0.25) is 15.0 Å². The number of halogens is 1. The fourth-order valence-electron chi connectivity index (χ4n) is 4.55. The lowest BCUT2D eigenvalue weighted by Crippen LogP contribution is -2.53. The summed E-state index contributed by atoms with van der Waals surface area (Å²) in [6.07, 6.45) is 4.60. The van der Waals surface area contributed by atoms with Crippen molar-refractivity contribution in [1.82, 2.24) is 20.1 Å². The Kier molecular flexibility index (Phi) is 5.73. The highest BCUT2D eigenvalue weighted by Crippen LogP contribution is 2.33. The molecule has 1 unspecified atom stereocenters. The number of nitrogens with one attached hydrogen (secondary N) is 2. The molecule has 4 amide bonds. The van der Waals surface area contributed by atoms with Gasteiger partial charge in [0, 0.05) is 13.1 Å². The minimum atomic E-state index is -3.89. The zero-order chi connectivity index (χ0) is 22.2. The van der Waals surface area contributed by atoms with Gasteiger partial charge in [0.05, 0.1) is 10.8 Å². The average molecular weight is 453 g/mol. The highest BCUT2D eigenvalue weighted by Gasteiger charge is 2.52. The number of piperidine rings is 1. The number of carbonyl (C=O) groups excluding carboxylic acids is 3. The number of benzene rings is 1. The van der Waals surface area contributed by atoms with Crippen molar-refractivity contribution in [2.75, 3.05) is 13.1 Å². The van der Waals surface area contributed by atoms with Crippen molar-refractivity contribution in [3.63, 3.8) is 0 Å². The summed E-state index contributed by atoms with van der Waals surface area (Å²) in [5.74, 6) is -2.29. The van der Waals surface area contributed by atoms with E-state index in [9.17, 15) is 27.2 Å². The van der Waals surface area contributed by atoms with Crippen LogP contribution in [-0.2, 0) is 19.6 Å². The molecule has 1 spiro atoms. The second kappa shape index (κ2) is 8.19. The van der Waals surface area contributed by atoms with Gasteiger partial charge in [0.15, 0.2) is 0 Å². The number of imide groups is 1. The summed E-state index contributed by atoms with van der Waals surface area (Å²) >= 11 is 0. The number of amides is 4. The van der Waals surface area contributed by atoms with Crippen LogP contribution in [0.15, 0.2) is 29.2 Å². The molecule has 0 radical (unpaired) electrons. The van der Waals surface area contributed by atoms with E-state index < -0.39 is 45.1 Å². The van der Waals surface area contributed by atoms with Crippen LogP contribution in [0.5, 0.6) is 0 Å². The van der Waals surface area contributed by atoms with E-state index in [0.717, 1.165) is 36.4 Å². The monoisotopic (exact) mass is 452 g/mol. The molecule has 2 heterocycles. The molecular weight excluding hydrogens is 427 g/mol. The van der Waals surface area contributed by atoms with Gasteiger partial charge in [-0.05, 0) is 49.9 Å². The zero-order valence-corrected chi connectivity index (χ0v) is 17.8. The molecule has 9 nitrogen and oxygen atoms in total. The molecule has 1 atom stereocenters. The van der Waals surface area contributed by atoms with Gasteiger partial charge < -0.3 is 5.32 Å². The molecule has 1 aliphatic carbocycles. The Morgan fingerprint density at radius 1 is 1.10 bits per heavy atom. The number of sulfonamides is 1. The first-order valence-electron chi connectivity index (χ1n) is 10.5. The molecule has 3 aliphatic rings. The highest BCUT2D eigenvalue weighted by molar-refractivity contribution is 7.89. The van der Waals surface area contributed by atoms with E-state index in [1.165, 1.54) is 16.4 Å². The highest BCUT2D eigenvalue weighted by atomic mass is 32.2. The van der Waals surface area contributed by atoms with Crippen LogP contribution in [0, 0.1) is 11.7 Å². The second-order valence-electron chi connectivity index (χ2n) is 8.35. The van der Waals surface area contributed by atoms with Crippen LogP contribution in [-0.4, -0.2) is 54.2 Å². The summed E-state index contributed by atoms with van der Waals surface area (Å²) in [7, 11) is -3.89. The van der Waals surface area contributed by atoms with E-state index in [4.69, 9.17) is 0 Å². The van der Waals surface area contributed by atoms with Crippen LogP contribution in [0.2, 0.25) is 0 Å². The Balaban J connectivity index is 1.44. The first kappa shape index (κ1) is 21.7. The van der Waals surface area contributed by atoms with Crippen molar-refractivity contribution in [2.45, 2.75) is 55.4 Å². The first-order chi connectivity index (χ1) is 14.7. The van der Waals surface area contributed by atoms with Crippen LogP contribution in [0.3, 0.4) is 0 Å². The summed E-state index contributed by atoms with van der Waals surface area (Å²) in [6, 6.07) is 3.85. The zero-order valence-electron chi connectivity index (χ0n) is 17.0. The maximum absolute atomic E-state index is 13.1. The van der Waals surface area contributed by atoms with Gasteiger partial charge in [-0.2, -0.15) is 9.31 Å². The summed E-state index contributed by atoms with van der Waals surface area (Å²) in [6.45, 7) is 0.149. The van der Waals surface area contributed by atoms with E-state index in [1.807, 2.05) is 0 Å². The normalized spacial score (nSPS) is 24.3. The topological polar surface area (TPSA) is 116 Å². The van der Waals surface area contributed by atoms with Gasteiger partial charge in [-0.25, -0.2) is 17.6 Å². The Morgan fingerprint density at radius 2 is 1.77 bits per heavy atom. The predicted molar refractivity (Wildman–Crippen MR) is 107 cm³/mol. The maximum Gasteiger partial charge on any atom is 0.344 e. The second-order valence-corrected chi connectivity index (χ2v) is 10.3. The van der Waals surface area contributed by atoms with Gasteiger partial charge in [-0.1, -0.05) is 19.3 Å². The molecule has 2 aliphatic heterocycles. The Hall–Kier alpha value is -2.53. The summed E-state index contributed by atoms with van der Waals surface area (Å²) in [4.78, 5) is 38.0. The first-order valence-corrected chi connectivity index (χ1v) is 11.9. The van der Waals surface area contributed by atoms with E-state index in [1.54, 1.807) is 0 Å². The molecule has 4 rings (SSSR count). The largest absolute Gasteiger partial charge is 0.344 e. The van der Waals surface area contributed by atoms with Gasteiger partial charge in [0.1, 0.15) is 11.4 Å². The molecular formula is C20H25FN4O5S. The number of nitrogens with zero attached hydrogens (tertiary/aromatic N) is 2. The number of carbonyl (C=O) groups is 3. The minimum absolute atomic E-state index is 0.0525. The van der Waals surface area contributed by atoms with E-state index in [2.05, 4.69) is 10.7 Å².